The lowest BCUT2D eigenvalue weighted by molar-refractivity contribution is 0.00592. The molecule has 1 amide bonds. The second-order valence-corrected chi connectivity index (χ2v) is 5.83. The average Bonchev–Trinajstić information content (AvgIpc) is 2.35. The maximum Gasteiger partial charge on any atom is 0.252 e. The molecule has 106 valence electrons. The van der Waals surface area contributed by atoms with Crippen LogP contribution in [0.25, 0.3) is 0 Å². The van der Waals surface area contributed by atoms with Crippen molar-refractivity contribution in [2.75, 3.05) is 6.54 Å². The number of aliphatic hydroxyl groups is 1. The van der Waals surface area contributed by atoms with Crippen molar-refractivity contribution < 1.29 is 14.3 Å². The van der Waals surface area contributed by atoms with Crippen molar-refractivity contribution in [1.29, 1.82) is 0 Å². The zero-order valence-corrected chi connectivity index (χ0v) is 12.9. The fourth-order valence-corrected chi connectivity index (χ4v) is 2.17. The average molecular weight is 332 g/mol. The number of carbonyl (C=O) groups excluding carboxylic acids is 1. The topological polar surface area (TPSA) is 49.3 Å². The zero-order chi connectivity index (χ0) is 14.6. The number of amides is 1. The van der Waals surface area contributed by atoms with Gasteiger partial charge in [0.05, 0.1) is 11.2 Å². The van der Waals surface area contributed by atoms with Crippen LogP contribution in [0.5, 0.6) is 0 Å². The molecule has 1 rings (SSSR count). The third-order valence-corrected chi connectivity index (χ3v) is 4.11. The van der Waals surface area contributed by atoms with Crippen LogP contribution in [0.15, 0.2) is 22.7 Å². The lowest BCUT2D eigenvalue weighted by Gasteiger charge is -2.29. The van der Waals surface area contributed by atoms with E-state index < -0.39 is 11.4 Å². The summed E-state index contributed by atoms with van der Waals surface area (Å²) in [5.74, 6) is -0.671. The van der Waals surface area contributed by atoms with Gasteiger partial charge in [-0.15, -0.1) is 0 Å². The summed E-state index contributed by atoms with van der Waals surface area (Å²) in [5, 5.41) is 12.9. The third-order valence-electron chi connectivity index (χ3n) is 3.46. The maximum absolute atomic E-state index is 12.9. The fraction of sp³-hybridized carbons (Fsp3) is 0.500. The van der Waals surface area contributed by atoms with Gasteiger partial charge in [-0.2, -0.15) is 0 Å². The Morgan fingerprint density at radius 3 is 2.74 bits per heavy atom. The number of benzene rings is 1. The molecule has 0 spiro atoms. The van der Waals surface area contributed by atoms with Crippen LogP contribution in [0.1, 0.15) is 37.6 Å². The van der Waals surface area contributed by atoms with E-state index >= 15 is 0 Å². The second-order valence-electron chi connectivity index (χ2n) is 4.97. The second kappa shape index (κ2) is 6.48. The fourth-order valence-electron chi connectivity index (χ4n) is 1.64. The van der Waals surface area contributed by atoms with E-state index in [1.807, 2.05) is 13.8 Å². The standard InChI is InChI=1S/C14H19BrFNO2/c1-4-9(2)14(3,19)8-17-13(18)11-6-5-10(16)7-12(11)15/h5-7,9,19H,4,8H2,1-3H3,(H,17,18). The molecule has 1 aromatic carbocycles. The number of hydrogen-bond donors (Lipinski definition) is 2. The number of halogens is 2. The van der Waals surface area contributed by atoms with Gasteiger partial charge >= 0.3 is 0 Å². The van der Waals surface area contributed by atoms with Gasteiger partial charge in [-0.3, -0.25) is 4.79 Å². The van der Waals surface area contributed by atoms with Crippen molar-refractivity contribution >= 4 is 21.8 Å². The molecule has 0 radical (unpaired) electrons. The molecule has 3 nitrogen and oxygen atoms in total. The molecular formula is C14H19BrFNO2. The first kappa shape index (κ1) is 16.1. The number of hydrogen-bond acceptors (Lipinski definition) is 2. The summed E-state index contributed by atoms with van der Waals surface area (Å²) in [6.07, 6.45) is 0.823. The molecular weight excluding hydrogens is 313 g/mol. The lowest BCUT2D eigenvalue weighted by atomic mass is 9.88. The summed E-state index contributed by atoms with van der Waals surface area (Å²) in [6, 6.07) is 3.88. The molecule has 5 heteroatoms. The summed E-state index contributed by atoms with van der Waals surface area (Å²) >= 11 is 3.15. The summed E-state index contributed by atoms with van der Waals surface area (Å²) in [5.41, 5.74) is -0.613. The predicted molar refractivity (Wildman–Crippen MR) is 76.5 cm³/mol. The Bertz CT molecular complexity index is 463. The maximum atomic E-state index is 12.9. The minimum atomic E-state index is -0.961. The Labute approximate surface area is 121 Å². The molecule has 0 aliphatic heterocycles. The molecule has 19 heavy (non-hydrogen) atoms. The number of rotatable bonds is 5. The van der Waals surface area contributed by atoms with E-state index in [-0.39, 0.29) is 18.4 Å². The van der Waals surface area contributed by atoms with E-state index in [9.17, 15) is 14.3 Å². The Morgan fingerprint density at radius 1 is 1.58 bits per heavy atom. The van der Waals surface area contributed by atoms with Gasteiger partial charge in [-0.05, 0) is 47.0 Å². The van der Waals surface area contributed by atoms with E-state index in [2.05, 4.69) is 21.2 Å². The van der Waals surface area contributed by atoms with Crippen LogP contribution in [0.3, 0.4) is 0 Å². The molecule has 0 fully saturated rings. The zero-order valence-electron chi connectivity index (χ0n) is 11.3. The first-order valence-electron chi connectivity index (χ1n) is 6.23. The summed E-state index contributed by atoms with van der Waals surface area (Å²) in [4.78, 5) is 12.0. The van der Waals surface area contributed by atoms with Crippen LogP contribution in [-0.2, 0) is 0 Å². The molecule has 2 atom stereocenters. The summed E-state index contributed by atoms with van der Waals surface area (Å²) in [7, 11) is 0. The normalized spacial score (nSPS) is 15.7. The smallest absolute Gasteiger partial charge is 0.252 e. The molecule has 0 bridgehead atoms. The minimum absolute atomic E-state index is 0.0736. The third kappa shape index (κ3) is 4.28. The lowest BCUT2D eigenvalue weighted by Crippen LogP contribution is -2.45. The van der Waals surface area contributed by atoms with Crippen LogP contribution in [0, 0.1) is 11.7 Å². The number of nitrogens with one attached hydrogen (secondary N) is 1. The first-order valence-corrected chi connectivity index (χ1v) is 7.03. The Hall–Kier alpha value is -0.940. The van der Waals surface area contributed by atoms with Gasteiger partial charge in [0.2, 0.25) is 0 Å². The van der Waals surface area contributed by atoms with E-state index in [0.717, 1.165) is 6.42 Å². The van der Waals surface area contributed by atoms with Crippen molar-refractivity contribution in [2.45, 2.75) is 32.8 Å². The van der Waals surface area contributed by atoms with Crippen molar-refractivity contribution in [3.05, 3.63) is 34.1 Å². The van der Waals surface area contributed by atoms with Crippen molar-refractivity contribution in [3.8, 4) is 0 Å². The molecule has 0 saturated carbocycles. The van der Waals surface area contributed by atoms with Crippen molar-refractivity contribution in [2.24, 2.45) is 5.92 Å². The Kier molecular flexibility index (Phi) is 5.50. The van der Waals surface area contributed by atoms with Crippen LogP contribution in [0.4, 0.5) is 4.39 Å². The van der Waals surface area contributed by atoms with Crippen LogP contribution >= 0.6 is 15.9 Å². The van der Waals surface area contributed by atoms with E-state index in [1.165, 1.54) is 18.2 Å². The van der Waals surface area contributed by atoms with Gasteiger partial charge in [0.15, 0.2) is 0 Å². The highest BCUT2D eigenvalue weighted by Gasteiger charge is 2.27. The molecule has 1 aromatic rings. The molecule has 2 N–H and O–H groups in total. The molecule has 0 heterocycles. The Balaban J connectivity index is 2.70. The molecule has 0 aromatic heterocycles. The Morgan fingerprint density at radius 2 is 2.21 bits per heavy atom. The molecule has 0 saturated heterocycles. The van der Waals surface area contributed by atoms with E-state index in [0.29, 0.717) is 10.0 Å². The monoisotopic (exact) mass is 331 g/mol. The highest BCUT2D eigenvalue weighted by Crippen LogP contribution is 2.20. The van der Waals surface area contributed by atoms with Crippen molar-refractivity contribution in [1.82, 2.24) is 5.32 Å². The van der Waals surface area contributed by atoms with Gasteiger partial charge in [-0.25, -0.2) is 4.39 Å². The summed E-state index contributed by atoms with van der Waals surface area (Å²) < 4.78 is 13.3. The van der Waals surface area contributed by atoms with Gasteiger partial charge in [0.1, 0.15) is 5.82 Å². The van der Waals surface area contributed by atoms with E-state index in [1.54, 1.807) is 6.92 Å². The predicted octanol–water partition coefficient (Wildman–Crippen LogP) is 3.12. The molecule has 0 aliphatic carbocycles. The van der Waals surface area contributed by atoms with Crippen LogP contribution in [0.2, 0.25) is 0 Å². The molecule has 0 aliphatic rings. The minimum Gasteiger partial charge on any atom is -0.388 e. The van der Waals surface area contributed by atoms with Crippen LogP contribution < -0.4 is 5.32 Å². The van der Waals surface area contributed by atoms with Gasteiger partial charge in [0.25, 0.3) is 5.91 Å². The highest BCUT2D eigenvalue weighted by molar-refractivity contribution is 9.10. The molecule has 2 unspecified atom stereocenters. The summed E-state index contributed by atoms with van der Waals surface area (Å²) in [6.45, 7) is 5.77. The number of carbonyl (C=O) groups is 1. The van der Waals surface area contributed by atoms with Gasteiger partial charge < -0.3 is 10.4 Å². The quantitative estimate of drug-likeness (QED) is 0.870. The van der Waals surface area contributed by atoms with Crippen LogP contribution in [-0.4, -0.2) is 23.2 Å². The SMILES string of the molecule is CCC(C)C(C)(O)CNC(=O)c1ccc(F)cc1Br. The largest absolute Gasteiger partial charge is 0.388 e. The van der Waals surface area contributed by atoms with Gasteiger partial charge in [0, 0.05) is 11.0 Å². The van der Waals surface area contributed by atoms with E-state index in [4.69, 9.17) is 0 Å². The van der Waals surface area contributed by atoms with Crippen molar-refractivity contribution in [3.63, 3.8) is 0 Å². The first-order chi connectivity index (χ1) is 8.77. The highest BCUT2D eigenvalue weighted by atomic mass is 79.9. The van der Waals surface area contributed by atoms with Gasteiger partial charge in [-0.1, -0.05) is 20.3 Å².